The van der Waals surface area contributed by atoms with Gasteiger partial charge in [-0.25, -0.2) is 0 Å². The van der Waals surface area contributed by atoms with E-state index in [-0.39, 0.29) is 12.0 Å². The van der Waals surface area contributed by atoms with E-state index < -0.39 is 0 Å². The van der Waals surface area contributed by atoms with E-state index in [4.69, 9.17) is 10.8 Å². The highest BCUT2D eigenvalue weighted by atomic mass is 16.3. The number of nitrogens with two attached hydrogens (primary N) is 1. The van der Waals surface area contributed by atoms with Crippen molar-refractivity contribution in [2.75, 3.05) is 24.2 Å². The number of nitrogens with one attached hydrogen (secondary N) is 1. The number of aromatic nitrogens is 2. The lowest BCUT2D eigenvalue weighted by Crippen LogP contribution is -2.18. The fourth-order valence-corrected chi connectivity index (χ4v) is 2.27. The van der Waals surface area contributed by atoms with Crippen molar-refractivity contribution in [3.8, 4) is 0 Å². The maximum Gasteiger partial charge on any atom is 0.147 e. The summed E-state index contributed by atoms with van der Waals surface area (Å²) in [6, 6.07) is 0. The highest BCUT2D eigenvalue weighted by Gasteiger charge is 2.41. The summed E-state index contributed by atoms with van der Waals surface area (Å²) < 4.78 is 1.81. The molecule has 1 aliphatic rings. The van der Waals surface area contributed by atoms with Crippen molar-refractivity contribution in [1.82, 2.24) is 9.78 Å². The van der Waals surface area contributed by atoms with Crippen LogP contribution in [0.1, 0.15) is 31.9 Å². The lowest BCUT2D eigenvalue weighted by atomic mass is 10.0. The van der Waals surface area contributed by atoms with E-state index in [0.717, 1.165) is 36.6 Å². The minimum absolute atomic E-state index is 0.267. The fraction of sp³-hybridized carbons (Fsp3) is 0.750. The summed E-state index contributed by atoms with van der Waals surface area (Å²) in [5.41, 5.74) is 8.04. The first-order valence-corrected chi connectivity index (χ1v) is 6.28. The molecule has 0 aliphatic heterocycles. The highest BCUT2D eigenvalue weighted by Crippen LogP contribution is 2.48. The third kappa shape index (κ3) is 2.39. The molecule has 1 aromatic heterocycles. The highest BCUT2D eigenvalue weighted by molar-refractivity contribution is 5.65. The zero-order chi connectivity index (χ0) is 12.5. The molecule has 0 aromatic carbocycles. The Bertz CT molecular complexity index is 395. The lowest BCUT2D eigenvalue weighted by Gasteiger charge is -2.15. The Morgan fingerprint density at radius 1 is 1.53 bits per heavy atom. The van der Waals surface area contributed by atoms with Crippen LogP contribution in [0, 0.1) is 5.41 Å². The molecule has 0 bridgehead atoms. The van der Waals surface area contributed by atoms with E-state index in [1.54, 1.807) is 0 Å². The largest absolute Gasteiger partial charge is 0.396 e. The Balaban J connectivity index is 2.02. The molecular weight excluding hydrogens is 216 g/mol. The van der Waals surface area contributed by atoms with E-state index in [1.807, 2.05) is 11.7 Å². The smallest absolute Gasteiger partial charge is 0.147 e. The zero-order valence-electron chi connectivity index (χ0n) is 10.7. The first-order chi connectivity index (χ1) is 8.12. The SMILES string of the molecule is CCc1nn(C)c(NCC2(CCO)CC2)c1N. The third-order valence-corrected chi connectivity index (χ3v) is 3.73. The number of aliphatic hydroxyl groups is 1. The van der Waals surface area contributed by atoms with Gasteiger partial charge in [0.1, 0.15) is 5.82 Å². The van der Waals surface area contributed by atoms with Gasteiger partial charge in [-0.15, -0.1) is 0 Å². The van der Waals surface area contributed by atoms with Crippen molar-refractivity contribution >= 4 is 11.5 Å². The third-order valence-electron chi connectivity index (χ3n) is 3.73. The summed E-state index contributed by atoms with van der Waals surface area (Å²) in [7, 11) is 1.91. The molecule has 5 nitrogen and oxygen atoms in total. The van der Waals surface area contributed by atoms with Crippen molar-refractivity contribution in [3.05, 3.63) is 5.69 Å². The van der Waals surface area contributed by atoms with Crippen molar-refractivity contribution in [2.24, 2.45) is 12.5 Å². The van der Waals surface area contributed by atoms with E-state index >= 15 is 0 Å². The van der Waals surface area contributed by atoms with Gasteiger partial charge in [0.25, 0.3) is 0 Å². The number of anilines is 2. The second kappa shape index (κ2) is 4.56. The van der Waals surface area contributed by atoms with Crippen LogP contribution >= 0.6 is 0 Å². The first kappa shape index (κ1) is 12.2. The average Bonchev–Trinajstić information content (AvgIpc) is 3.00. The van der Waals surface area contributed by atoms with Crippen LogP contribution in [0.25, 0.3) is 0 Å². The van der Waals surface area contributed by atoms with Crippen LogP contribution in [0.5, 0.6) is 0 Å². The molecule has 17 heavy (non-hydrogen) atoms. The summed E-state index contributed by atoms with van der Waals surface area (Å²) in [6.45, 7) is 3.19. The number of nitrogens with zero attached hydrogens (tertiary/aromatic N) is 2. The maximum absolute atomic E-state index is 9.02. The number of hydrogen-bond acceptors (Lipinski definition) is 4. The first-order valence-electron chi connectivity index (χ1n) is 6.28. The van der Waals surface area contributed by atoms with E-state index in [9.17, 15) is 0 Å². The monoisotopic (exact) mass is 238 g/mol. The van der Waals surface area contributed by atoms with Gasteiger partial charge in [0, 0.05) is 20.2 Å². The zero-order valence-corrected chi connectivity index (χ0v) is 10.7. The molecule has 96 valence electrons. The number of aliphatic hydroxyl groups excluding tert-OH is 1. The molecule has 1 aromatic rings. The average molecular weight is 238 g/mol. The number of hydrogen-bond donors (Lipinski definition) is 3. The van der Waals surface area contributed by atoms with Crippen LogP contribution in [0.3, 0.4) is 0 Å². The maximum atomic E-state index is 9.02. The van der Waals surface area contributed by atoms with Gasteiger partial charge < -0.3 is 16.2 Å². The van der Waals surface area contributed by atoms with Crippen LogP contribution in [0.2, 0.25) is 0 Å². The predicted molar refractivity (Wildman–Crippen MR) is 68.9 cm³/mol. The Hall–Kier alpha value is -1.23. The molecule has 1 fully saturated rings. The molecule has 5 heteroatoms. The molecule has 1 aliphatic carbocycles. The lowest BCUT2D eigenvalue weighted by molar-refractivity contribution is 0.253. The molecule has 1 saturated carbocycles. The molecule has 0 amide bonds. The molecule has 2 rings (SSSR count). The van der Waals surface area contributed by atoms with Gasteiger partial charge in [0.05, 0.1) is 11.4 Å². The summed E-state index contributed by atoms with van der Waals surface area (Å²) in [4.78, 5) is 0. The standard InChI is InChI=1S/C12H22N4O/c1-3-9-10(13)11(16(2)15-9)14-8-12(4-5-12)6-7-17/h14,17H,3-8,13H2,1-2H3. The van der Waals surface area contributed by atoms with Crippen LogP contribution < -0.4 is 11.1 Å². The van der Waals surface area contributed by atoms with Gasteiger partial charge in [-0.1, -0.05) is 6.92 Å². The topological polar surface area (TPSA) is 76.1 Å². The summed E-state index contributed by atoms with van der Waals surface area (Å²) in [6.07, 6.45) is 4.11. The van der Waals surface area contributed by atoms with Crippen molar-refractivity contribution in [2.45, 2.75) is 32.6 Å². The minimum Gasteiger partial charge on any atom is -0.396 e. The Kier molecular flexibility index (Phi) is 3.28. The van der Waals surface area contributed by atoms with Crippen LogP contribution in [-0.2, 0) is 13.5 Å². The summed E-state index contributed by atoms with van der Waals surface area (Å²) >= 11 is 0. The Morgan fingerprint density at radius 3 is 2.71 bits per heavy atom. The van der Waals surface area contributed by atoms with E-state index in [0.29, 0.717) is 0 Å². The quantitative estimate of drug-likeness (QED) is 0.694. The van der Waals surface area contributed by atoms with Crippen LogP contribution in [0.15, 0.2) is 0 Å². The molecule has 0 unspecified atom stereocenters. The fourth-order valence-electron chi connectivity index (χ4n) is 2.27. The molecule has 0 spiro atoms. The van der Waals surface area contributed by atoms with E-state index in [2.05, 4.69) is 17.3 Å². The van der Waals surface area contributed by atoms with Gasteiger partial charge in [-0.05, 0) is 31.1 Å². The van der Waals surface area contributed by atoms with Crippen LogP contribution in [-0.4, -0.2) is 28.0 Å². The molecule has 4 N–H and O–H groups in total. The normalized spacial score (nSPS) is 17.1. The van der Waals surface area contributed by atoms with Gasteiger partial charge in [0.2, 0.25) is 0 Å². The molecule has 0 saturated heterocycles. The summed E-state index contributed by atoms with van der Waals surface area (Å²) in [5, 5.41) is 16.8. The second-order valence-electron chi connectivity index (χ2n) is 5.01. The van der Waals surface area contributed by atoms with Gasteiger partial charge in [-0.3, -0.25) is 4.68 Å². The second-order valence-corrected chi connectivity index (χ2v) is 5.01. The Labute approximate surface area is 102 Å². The number of rotatable bonds is 6. The summed E-state index contributed by atoms with van der Waals surface area (Å²) in [5.74, 6) is 0.908. The van der Waals surface area contributed by atoms with Gasteiger partial charge >= 0.3 is 0 Å². The van der Waals surface area contributed by atoms with Crippen LogP contribution in [0.4, 0.5) is 11.5 Å². The van der Waals surface area contributed by atoms with E-state index in [1.165, 1.54) is 12.8 Å². The minimum atomic E-state index is 0.267. The van der Waals surface area contributed by atoms with Crippen molar-refractivity contribution in [3.63, 3.8) is 0 Å². The number of aryl methyl sites for hydroxylation is 2. The van der Waals surface area contributed by atoms with Gasteiger partial charge in [-0.2, -0.15) is 5.10 Å². The van der Waals surface area contributed by atoms with Crippen molar-refractivity contribution in [1.29, 1.82) is 0 Å². The number of nitrogen functional groups attached to an aromatic ring is 1. The Morgan fingerprint density at radius 2 is 2.24 bits per heavy atom. The predicted octanol–water partition coefficient (Wildman–Crippen LogP) is 1.14. The molecule has 0 atom stereocenters. The van der Waals surface area contributed by atoms with Gasteiger partial charge in [0.15, 0.2) is 0 Å². The molecular formula is C12H22N4O. The molecule has 1 heterocycles. The van der Waals surface area contributed by atoms with Crippen molar-refractivity contribution < 1.29 is 5.11 Å². The molecule has 0 radical (unpaired) electrons.